The number of aryl methyl sites for hydroxylation is 1. The molecule has 2 heterocycles. The Morgan fingerprint density at radius 2 is 1.97 bits per heavy atom. The van der Waals surface area contributed by atoms with Crippen LogP contribution in [-0.4, -0.2) is 21.1 Å². The van der Waals surface area contributed by atoms with Crippen LogP contribution in [0.25, 0.3) is 21.3 Å². The lowest BCUT2D eigenvalue weighted by atomic mass is 10.1. The third-order valence-electron chi connectivity index (χ3n) is 4.89. The number of aromatic amines is 1. The third kappa shape index (κ3) is 4.86. The molecule has 0 aliphatic rings. The fourth-order valence-corrected chi connectivity index (χ4v) is 5.55. The largest absolute Gasteiger partial charge is 0.324 e. The molecule has 0 aliphatic heterocycles. The van der Waals surface area contributed by atoms with Crippen LogP contribution in [-0.2, 0) is 4.79 Å². The van der Waals surface area contributed by atoms with Gasteiger partial charge in [-0.2, -0.15) is 0 Å². The molecular weight excluding hydrogens is 485 g/mol. The second kappa shape index (κ2) is 9.67. The fraction of sp³-hybridized carbons (Fsp3) is 0.174. The van der Waals surface area contributed by atoms with Gasteiger partial charge < -0.3 is 10.3 Å². The number of fused-ring (bicyclic) bond motifs is 1. The lowest BCUT2D eigenvalue weighted by Crippen LogP contribution is -2.25. The van der Waals surface area contributed by atoms with E-state index in [2.05, 4.69) is 15.3 Å². The number of thiophene rings is 1. The molecule has 1 amide bonds. The molecule has 9 heteroatoms. The van der Waals surface area contributed by atoms with Gasteiger partial charge in [-0.1, -0.05) is 71.7 Å². The van der Waals surface area contributed by atoms with E-state index < -0.39 is 5.25 Å². The van der Waals surface area contributed by atoms with Gasteiger partial charge in [-0.15, -0.1) is 11.3 Å². The van der Waals surface area contributed by atoms with Gasteiger partial charge in [0, 0.05) is 16.0 Å². The van der Waals surface area contributed by atoms with Gasteiger partial charge in [0.15, 0.2) is 5.16 Å². The van der Waals surface area contributed by atoms with Gasteiger partial charge in [0.2, 0.25) is 5.91 Å². The highest BCUT2D eigenvalue weighted by Gasteiger charge is 2.22. The van der Waals surface area contributed by atoms with Crippen LogP contribution in [0.4, 0.5) is 5.69 Å². The number of amides is 1. The van der Waals surface area contributed by atoms with Gasteiger partial charge in [0.25, 0.3) is 5.56 Å². The summed E-state index contributed by atoms with van der Waals surface area (Å²) in [6, 6.07) is 12.9. The Balaban J connectivity index is 1.58. The highest BCUT2D eigenvalue weighted by atomic mass is 35.5. The number of thioether (sulfide) groups is 1. The monoisotopic (exact) mass is 503 g/mol. The Kier molecular flexibility index (Phi) is 6.90. The molecule has 1 unspecified atom stereocenters. The van der Waals surface area contributed by atoms with Gasteiger partial charge in [0.1, 0.15) is 4.83 Å². The minimum Gasteiger partial charge on any atom is -0.324 e. The predicted octanol–water partition coefficient (Wildman–Crippen LogP) is 6.78. The van der Waals surface area contributed by atoms with E-state index in [1.807, 2.05) is 43.5 Å². The molecule has 5 nitrogen and oxygen atoms in total. The molecule has 0 saturated carbocycles. The summed E-state index contributed by atoms with van der Waals surface area (Å²) in [7, 11) is 0. The molecule has 4 aromatic rings. The molecule has 2 aromatic carbocycles. The standard InChI is InChI=1S/C23H19Cl2N3O2S2/c1-3-18(20(29)26-17-9-8-14(24)10-16(17)25)32-23-27-21(30)19-15(11-31-22(19)28-23)13-6-4-12(2)5-7-13/h4-11,18H,3H2,1-2H3,(H,26,29)(H,27,28,30). The van der Waals surface area contributed by atoms with Crippen molar-refractivity contribution >= 4 is 68.1 Å². The fourth-order valence-electron chi connectivity index (χ4n) is 3.19. The number of aromatic nitrogens is 2. The minimum atomic E-state index is -0.459. The normalized spacial score (nSPS) is 12.1. The summed E-state index contributed by atoms with van der Waals surface area (Å²) in [4.78, 5) is 33.8. The second-order valence-corrected chi connectivity index (χ2v) is 10.1. The smallest absolute Gasteiger partial charge is 0.260 e. The maximum Gasteiger partial charge on any atom is 0.260 e. The Morgan fingerprint density at radius 3 is 2.66 bits per heavy atom. The van der Waals surface area contributed by atoms with Crippen molar-refractivity contribution in [1.82, 2.24) is 9.97 Å². The molecule has 164 valence electrons. The molecule has 0 spiro atoms. The van der Waals surface area contributed by atoms with E-state index in [-0.39, 0.29) is 11.5 Å². The quantitative estimate of drug-likeness (QED) is 0.224. The Bertz CT molecular complexity index is 1350. The van der Waals surface area contributed by atoms with E-state index in [1.165, 1.54) is 23.1 Å². The maximum absolute atomic E-state index is 12.9. The van der Waals surface area contributed by atoms with Gasteiger partial charge in [0.05, 0.1) is 21.3 Å². The molecule has 2 N–H and O–H groups in total. The Hall–Kier alpha value is -2.32. The lowest BCUT2D eigenvalue weighted by Gasteiger charge is -2.15. The van der Waals surface area contributed by atoms with Crippen LogP contribution in [0.3, 0.4) is 0 Å². The molecular formula is C23H19Cl2N3O2S2. The summed E-state index contributed by atoms with van der Waals surface area (Å²) in [6.45, 7) is 3.92. The molecule has 0 bridgehead atoms. The SMILES string of the molecule is CCC(Sc1nc2scc(-c3ccc(C)cc3)c2c(=O)[nH]1)C(=O)Nc1ccc(Cl)cc1Cl. The van der Waals surface area contributed by atoms with E-state index in [1.54, 1.807) is 18.2 Å². The number of rotatable bonds is 6. The van der Waals surface area contributed by atoms with Crippen LogP contribution < -0.4 is 10.9 Å². The third-order valence-corrected chi connectivity index (χ3v) is 7.56. The van der Waals surface area contributed by atoms with Crippen molar-refractivity contribution in [3.63, 3.8) is 0 Å². The second-order valence-electron chi connectivity index (χ2n) is 7.19. The van der Waals surface area contributed by atoms with E-state index in [9.17, 15) is 9.59 Å². The number of carbonyl (C=O) groups excluding carboxylic acids is 1. The van der Waals surface area contributed by atoms with Crippen molar-refractivity contribution in [3.8, 4) is 11.1 Å². The number of hydrogen-bond donors (Lipinski definition) is 2. The van der Waals surface area contributed by atoms with Crippen LogP contribution in [0.5, 0.6) is 0 Å². The van der Waals surface area contributed by atoms with E-state index in [0.717, 1.165) is 16.7 Å². The van der Waals surface area contributed by atoms with Crippen molar-refractivity contribution < 1.29 is 4.79 Å². The first-order chi connectivity index (χ1) is 15.4. The number of halogens is 2. The first kappa shape index (κ1) is 22.9. The molecule has 1 atom stereocenters. The summed E-state index contributed by atoms with van der Waals surface area (Å²) in [6.07, 6.45) is 0.544. The zero-order valence-electron chi connectivity index (χ0n) is 17.2. The highest BCUT2D eigenvalue weighted by Crippen LogP contribution is 2.33. The molecule has 0 fully saturated rings. The number of carbonyl (C=O) groups is 1. The van der Waals surface area contributed by atoms with E-state index >= 15 is 0 Å². The molecule has 32 heavy (non-hydrogen) atoms. The zero-order chi connectivity index (χ0) is 22.8. The Labute approximate surface area is 203 Å². The van der Waals surface area contributed by atoms with Crippen molar-refractivity contribution in [3.05, 3.63) is 73.8 Å². The molecule has 0 saturated heterocycles. The van der Waals surface area contributed by atoms with Crippen LogP contribution in [0.1, 0.15) is 18.9 Å². The van der Waals surface area contributed by atoms with Crippen LogP contribution >= 0.6 is 46.3 Å². The van der Waals surface area contributed by atoms with Crippen molar-refractivity contribution in [2.24, 2.45) is 0 Å². The van der Waals surface area contributed by atoms with Gasteiger partial charge in [-0.25, -0.2) is 4.98 Å². The van der Waals surface area contributed by atoms with Gasteiger partial charge in [-0.3, -0.25) is 9.59 Å². The zero-order valence-corrected chi connectivity index (χ0v) is 20.4. The minimum absolute atomic E-state index is 0.217. The summed E-state index contributed by atoms with van der Waals surface area (Å²) in [5.74, 6) is -0.226. The topological polar surface area (TPSA) is 74.8 Å². The van der Waals surface area contributed by atoms with Gasteiger partial charge in [-0.05, 0) is 37.1 Å². The van der Waals surface area contributed by atoms with E-state index in [4.69, 9.17) is 23.2 Å². The number of nitrogens with one attached hydrogen (secondary N) is 2. The first-order valence-corrected chi connectivity index (χ1v) is 12.4. The first-order valence-electron chi connectivity index (χ1n) is 9.87. The molecule has 0 aliphatic carbocycles. The number of anilines is 1. The molecule has 4 rings (SSSR count). The average molecular weight is 504 g/mol. The maximum atomic E-state index is 12.9. The molecule has 2 aromatic heterocycles. The van der Waals surface area contributed by atoms with Crippen LogP contribution in [0, 0.1) is 6.92 Å². The lowest BCUT2D eigenvalue weighted by molar-refractivity contribution is -0.115. The van der Waals surface area contributed by atoms with Crippen LogP contribution in [0.15, 0.2) is 57.8 Å². The van der Waals surface area contributed by atoms with Crippen molar-refractivity contribution in [2.75, 3.05) is 5.32 Å². The summed E-state index contributed by atoms with van der Waals surface area (Å²) < 4.78 is 0. The summed E-state index contributed by atoms with van der Waals surface area (Å²) >= 11 is 14.7. The predicted molar refractivity (Wildman–Crippen MR) is 135 cm³/mol. The molecule has 0 radical (unpaired) electrons. The van der Waals surface area contributed by atoms with Gasteiger partial charge >= 0.3 is 0 Å². The summed E-state index contributed by atoms with van der Waals surface area (Å²) in [5.41, 5.74) is 3.25. The average Bonchev–Trinajstić information content (AvgIpc) is 3.19. The number of nitrogens with zero attached hydrogens (tertiary/aromatic N) is 1. The van der Waals surface area contributed by atoms with Crippen molar-refractivity contribution in [2.45, 2.75) is 30.7 Å². The Morgan fingerprint density at radius 1 is 1.22 bits per heavy atom. The number of H-pyrrole nitrogens is 1. The summed E-state index contributed by atoms with van der Waals surface area (Å²) in [5, 5.41) is 6.13. The van der Waals surface area contributed by atoms with Crippen LogP contribution in [0.2, 0.25) is 10.0 Å². The van der Waals surface area contributed by atoms with Crippen molar-refractivity contribution in [1.29, 1.82) is 0 Å². The van der Waals surface area contributed by atoms with E-state index in [0.29, 0.717) is 37.5 Å². The number of hydrogen-bond acceptors (Lipinski definition) is 5. The highest BCUT2D eigenvalue weighted by molar-refractivity contribution is 8.00. The number of benzene rings is 2.